The van der Waals surface area contributed by atoms with Crippen molar-refractivity contribution >= 4 is 15.8 Å². The van der Waals surface area contributed by atoms with Crippen molar-refractivity contribution in [3.8, 4) is 0 Å². The predicted molar refractivity (Wildman–Crippen MR) is 99.7 cm³/mol. The Morgan fingerprint density at radius 2 is 2.00 bits per heavy atom. The van der Waals surface area contributed by atoms with Crippen molar-refractivity contribution in [1.29, 1.82) is 0 Å². The number of aliphatic imine (C=N–C) groups is 1. The molecule has 0 saturated carbocycles. The summed E-state index contributed by atoms with van der Waals surface area (Å²) < 4.78 is 28.8. The van der Waals surface area contributed by atoms with Crippen molar-refractivity contribution in [3.63, 3.8) is 0 Å². The fourth-order valence-corrected chi connectivity index (χ4v) is 5.34. The third kappa shape index (κ3) is 4.52. The molecule has 25 heavy (non-hydrogen) atoms. The molecule has 0 aliphatic carbocycles. The van der Waals surface area contributed by atoms with Gasteiger partial charge in [0.05, 0.1) is 11.5 Å². The number of ether oxygens (including phenoxy) is 1. The van der Waals surface area contributed by atoms with Gasteiger partial charge in [-0.05, 0) is 24.8 Å². The van der Waals surface area contributed by atoms with Crippen LogP contribution in [0.3, 0.4) is 0 Å². The van der Waals surface area contributed by atoms with E-state index in [1.807, 2.05) is 6.07 Å². The summed E-state index contributed by atoms with van der Waals surface area (Å²) in [6, 6.07) is 10.5. The van der Waals surface area contributed by atoms with Gasteiger partial charge in [0, 0.05) is 38.3 Å². The molecule has 2 aliphatic rings. The quantitative estimate of drug-likeness (QED) is 0.617. The van der Waals surface area contributed by atoms with E-state index in [1.54, 1.807) is 7.05 Å². The SMILES string of the molecule is CN=C(NCC1(c2ccccc2)CCOCC1)NC1CCS(=O)(=O)C1. The van der Waals surface area contributed by atoms with Gasteiger partial charge in [-0.25, -0.2) is 8.42 Å². The summed E-state index contributed by atoms with van der Waals surface area (Å²) in [4.78, 5) is 4.28. The monoisotopic (exact) mass is 365 g/mol. The number of nitrogens with zero attached hydrogens (tertiary/aromatic N) is 1. The fraction of sp³-hybridized carbons (Fsp3) is 0.611. The van der Waals surface area contributed by atoms with Crippen LogP contribution in [0.5, 0.6) is 0 Å². The Hall–Kier alpha value is -1.60. The van der Waals surface area contributed by atoms with Crippen LogP contribution in [0, 0.1) is 0 Å². The number of rotatable bonds is 4. The molecule has 0 radical (unpaired) electrons. The number of nitrogens with one attached hydrogen (secondary N) is 2. The van der Waals surface area contributed by atoms with Gasteiger partial charge in [0.15, 0.2) is 15.8 Å². The molecule has 0 bridgehead atoms. The summed E-state index contributed by atoms with van der Waals surface area (Å²) in [7, 11) is -1.18. The number of sulfone groups is 1. The van der Waals surface area contributed by atoms with Gasteiger partial charge in [-0.1, -0.05) is 30.3 Å². The number of hydrogen-bond donors (Lipinski definition) is 2. The second-order valence-electron chi connectivity index (χ2n) is 6.93. The number of hydrogen-bond acceptors (Lipinski definition) is 4. The molecule has 0 aromatic heterocycles. The van der Waals surface area contributed by atoms with Gasteiger partial charge >= 0.3 is 0 Å². The van der Waals surface area contributed by atoms with Crippen molar-refractivity contribution in [2.24, 2.45) is 4.99 Å². The maximum Gasteiger partial charge on any atom is 0.191 e. The van der Waals surface area contributed by atoms with Crippen LogP contribution < -0.4 is 10.6 Å². The molecule has 2 heterocycles. The summed E-state index contributed by atoms with van der Waals surface area (Å²) in [5.41, 5.74) is 1.32. The van der Waals surface area contributed by atoms with E-state index in [-0.39, 0.29) is 23.0 Å². The van der Waals surface area contributed by atoms with Crippen molar-refractivity contribution < 1.29 is 13.2 Å². The summed E-state index contributed by atoms with van der Waals surface area (Å²) in [5, 5.41) is 6.68. The molecule has 6 nitrogen and oxygen atoms in total. The molecular formula is C18H27N3O3S. The summed E-state index contributed by atoms with van der Waals surface area (Å²) in [5.74, 6) is 1.11. The molecule has 0 spiro atoms. The Bertz CT molecular complexity index is 698. The van der Waals surface area contributed by atoms with Crippen molar-refractivity contribution in [3.05, 3.63) is 35.9 Å². The molecular weight excluding hydrogens is 338 g/mol. The highest BCUT2D eigenvalue weighted by molar-refractivity contribution is 7.91. The lowest BCUT2D eigenvalue weighted by molar-refractivity contribution is 0.0513. The van der Waals surface area contributed by atoms with Crippen LogP contribution in [0.1, 0.15) is 24.8 Å². The Kier molecular flexibility index (Phi) is 5.64. The molecule has 2 fully saturated rings. The zero-order valence-corrected chi connectivity index (χ0v) is 15.5. The molecule has 1 atom stereocenters. The highest BCUT2D eigenvalue weighted by Gasteiger charge is 2.35. The minimum atomic E-state index is -2.90. The average molecular weight is 365 g/mol. The first kappa shape index (κ1) is 18.2. The molecule has 138 valence electrons. The molecule has 3 rings (SSSR count). The van der Waals surface area contributed by atoms with Crippen molar-refractivity contribution in [1.82, 2.24) is 10.6 Å². The first-order chi connectivity index (χ1) is 12.0. The van der Waals surface area contributed by atoms with Gasteiger partial charge in [-0.15, -0.1) is 0 Å². The molecule has 1 aromatic rings. The lowest BCUT2D eigenvalue weighted by Gasteiger charge is -2.38. The van der Waals surface area contributed by atoms with Crippen LogP contribution in [0.15, 0.2) is 35.3 Å². The Balaban J connectivity index is 1.66. The van der Waals surface area contributed by atoms with Gasteiger partial charge < -0.3 is 15.4 Å². The van der Waals surface area contributed by atoms with Gasteiger partial charge in [-0.3, -0.25) is 4.99 Å². The molecule has 2 aliphatic heterocycles. The smallest absolute Gasteiger partial charge is 0.191 e. The fourth-order valence-electron chi connectivity index (χ4n) is 3.67. The van der Waals surface area contributed by atoms with E-state index in [0.29, 0.717) is 12.4 Å². The maximum absolute atomic E-state index is 11.6. The van der Waals surface area contributed by atoms with E-state index >= 15 is 0 Å². The topological polar surface area (TPSA) is 79.8 Å². The first-order valence-electron chi connectivity index (χ1n) is 8.84. The van der Waals surface area contributed by atoms with E-state index in [2.05, 4.69) is 39.9 Å². The zero-order valence-electron chi connectivity index (χ0n) is 14.7. The zero-order chi connectivity index (χ0) is 17.8. The summed E-state index contributed by atoms with van der Waals surface area (Å²) >= 11 is 0. The first-order valence-corrected chi connectivity index (χ1v) is 10.7. The molecule has 1 unspecified atom stereocenters. The van der Waals surface area contributed by atoms with Crippen LogP contribution >= 0.6 is 0 Å². The third-order valence-corrected chi connectivity index (χ3v) is 7.00. The van der Waals surface area contributed by atoms with E-state index in [0.717, 1.165) is 32.6 Å². The van der Waals surface area contributed by atoms with Gasteiger partial charge in [0.1, 0.15) is 0 Å². The molecule has 2 N–H and O–H groups in total. The van der Waals surface area contributed by atoms with Crippen LogP contribution in [0.2, 0.25) is 0 Å². The van der Waals surface area contributed by atoms with E-state index in [1.165, 1.54) is 5.56 Å². The van der Waals surface area contributed by atoms with Gasteiger partial charge in [-0.2, -0.15) is 0 Å². The normalized spacial score (nSPS) is 25.5. The third-order valence-electron chi connectivity index (χ3n) is 5.23. The lowest BCUT2D eigenvalue weighted by Crippen LogP contribution is -2.50. The van der Waals surface area contributed by atoms with E-state index in [4.69, 9.17) is 4.74 Å². The minimum absolute atomic E-state index is 0.0128. The Labute approximate surface area is 150 Å². The standard InChI is InChI=1S/C18H27N3O3S/c1-19-17(21-16-7-12-25(22,23)13-16)20-14-18(8-10-24-11-9-18)15-5-3-2-4-6-15/h2-6,16H,7-14H2,1H3,(H2,19,20,21). The van der Waals surface area contributed by atoms with Gasteiger partial charge in [0.2, 0.25) is 0 Å². The largest absolute Gasteiger partial charge is 0.381 e. The Morgan fingerprint density at radius 3 is 2.60 bits per heavy atom. The van der Waals surface area contributed by atoms with E-state index < -0.39 is 9.84 Å². The number of benzene rings is 1. The maximum atomic E-state index is 11.6. The highest BCUT2D eigenvalue weighted by atomic mass is 32.2. The average Bonchev–Trinajstić information content (AvgIpc) is 2.98. The van der Waals surface area contributed by atoms with Crippen molar-refractivity contribution in [2.75, 3.05) is 38.3 Å². The Morgan fingerprint density at radius 1 is 1.28 bits per heavy atom. The van der Waals surface area contributed by atoms with Crippen LogP contribution in [0.25, 0.3) is 0 Å². The van der Waals surface area contributed by atoms with Crippen LogP contribution in [-0.2, 0) is 20.0 Å². The molecule has 1 aromatic carbocycles. The van der Waals surface area contributed by atoms with Crippen molar-refractivity contribution in [2.45, 2.75) is 30.7 Å². The summed E-state index contributed by atoms with van der Waals surface area (Å²) in [6.45, 7) is 2.26. The molecule has 7 heteroatoms. The van der Waals surface area contributed by atoms with Gasteiger partial charge in [0.25, 0.3) is 0 Å². The van der Waals surface area contributed by atoms with E-state index in [9.17, 15) is 8.42 Å². The molecule has 0 amide bonds. The predicted octanol–water partition coefficient (Wildman–Crippen LogP) is 1.09. The minimum Gasteiger partial charge on any atom is -0.381 e. The second kappa shape index (κ2) is 7.74. The van der Waals surface area contributed by atoms with Crippen LogP contribution in [0.4, 0.5) is 0 Å². The molecule has 2 saturated heterocycles. The number of guanidine groups is 1. The van der Waals surface area contributed by atoms with Crippen LogP contribution in [-0.4, -0.2) is 58.7 Å². The lowest BCUT2D eigenvalue weighted by atomic mass is 9.74. The summed E-state index contributed by atoms with van der Waals surface area (Å²) in [6.07, 6.45) is 2.55. The highest BCUT2D eigenvalue weighted by Crippen LogP contribution is 2.34. The second-order valence-corrected chi connectivity index (χ2v) is 9.16.